The first-order valence-corrected chi connectivity index (χ1v) is 10.3. The molecule has 0 heterocycles. The van der Waals surface area contributed by atoms with Gasteiger partial charge in [-0.25, -0.2) is 0 Å². The first-order valence-electron chi connectivity index (χ1n) is 7.89. The lowest BCUT2D eigenvalue weighted by Gasteiger charge is -2.44. The second kappa shape index (κ2) is 6.81. The lowest BCUT2D eigenvalue weighted by atomic mass is 9.85. The molecule has 0 saturated carbocycles. The molecule has 1 aromatic carbocycles. The third kappa shape index (κ3) is 3.98. The number of rotatable bonds is 6. The minimum Gasteiger partial charge on any atom is -0.508 e. The van der Waals surface area contributed by atoms with Gasteiger partial charge in [-0.2, -0.15) is 0 Å². The second-order valence-corrected chi connectivity index (χ2v) is 11.1. The summed E-state index contributed by atoms with van der Waals surface area (Å²) in [6.45, 7) is 10.8. The summed E-state index contributed by atoms with van der Waals surface area (Å²) in [5, 5.41) is 21.1. The lowest BCUT2D eigenvalue weighted by Crippen LogP contribution is -2.27. The van der Waals surface area contributed by atoms with E-state index in [2.05, 4.69) is 33.3 Å². The predicted octanol–water partition coefficient (Wildman–Crippen LogP) is 4.69. The van der Waals surface area contributed by atoms with E-state index in [1.165, 1.54) is 0 Å². The molecule has 0 saturated heterocycles. The van der Waals surface area contributed by atoms with Crippen molar-refractivity contribution in [2.75, 3.05) is 12.5 Å². The maximum Gasteiger partial charge on any atom is 0.122 e. The number of phenols is 1. The molecular weight excluding hydrogens is 296 g/mol. The zero-order chi connectivity index (χ0) is 17.2. The maximum absolute atomic E-state index is 10.8. The third-order valence-corrected chi connectivity index (χ3v) is 8.40. The van der Waals surface area contributed by atoms with Crippen LogP contribution in [0, 0.1) is 0 Å². The molecule has 0 aromatic heterocycles. The summed E-state index contributed by atoms with van der Waals surface area (Å²) in [6, 6.07) is 5.38. The topological polar surface area (TPSA) is 49.7 Å². The van der Waals surface area contributed by atoms with Gasteiger partial charge >= 0.3 is 0 Å². The molecule has 0 aliphatic carbocycles. The van der Waals surface area contributed by atoms with Gasteiger partial charge in [-0.1, -0.05) is 46.8 Å². The van der Waals surface area contributed by atoms with Crippen LogP contribution in [0.15, 0.2) is 18.2 Å². The molecule has 22 heavy (non-hydrogen) atoms. The molecule has 0 fully saturated rings. The van der Waals surface area contributed by atoms with Crippen molar-refractivity contribution in [1.82, 2.24) is 0 Å². The molecule has 1 aromatic rings. The summed E-state index contributed by atoms with van der Waals surface area (Å²) in [6.07, 6.45) is 5.43. The highest BCUT2D eigenvalue weighted by atomic mass is 32.3. The molecule has 0 aliphatic heterocycles. The maximum atomic E-state index is 10.8. The van der Waals surface area contributed by atoms with Crippen molar-refractivity contribution in [2.45, 2.75) is 64.4 Å². The van der Waals surface area contributed by atoms with Crippen LogP contribution < -0.4 is 0 Å². The number of hydrogen-bond donors (Lipinski definition) is 2. The SMILES string of the molecule is CCC(O)(CC)c1c(O)cccc1COS(C)(C)C(C)(C)C. The van der Waals surface area contributed by atoms with Crippen LogP contribution in [-0.2, 0) is 16.4 Å². The van der Waals surface area contributed by atoms with Crippen molar-refractivity contribution in [1.29, 1.82) is 0 Å². The van der Waals surface area contributed by atoms with Crippen LogP contribution in [0.3, 0.4) is 0 Å². The van der Waals surface area contributed by atoms with Gasteiger partial charge in [-0.3, -0.25) is 0 Å². The Balaban J connectivity index is 3.15. The normalized spacial score (nSPS) is 14.2. The van der Waals surface area contributed by atoms with Gasteiger partial charge in [0.25, 0.3) is 0 Å². The highest BCUT2D eigenvalue weighted by molar-refractivity contribution is 8.29. The smallest absolute Gasteiger partial charge is 0.122 e. The number of aliphatic hydroxyl groups is 1. The van der Waals surface area contributed by atoms with E-state index in [-0.39, 0.29) is 10.5 Å². The van der Waals surface area contributed by atoms with Crippen molar-refractivity contribution < 1.29 is 14.4 Å². The highest BCUT2D eigenvalue weighted by Crippen LogP contribution is 2.54. The molecule has 0 bridgehead atoms. The quantitative estimate of drug-likeness (QED) is 0.796. The molecule has 0 unspecified atom stereocenters. The Kier molecular flexibility index (Phi) is 5.99. The molecule has 0 aliphatic rings. The summed E-state index contributed by atoms with van der Waals surface area (Å²) in [5.41, 5.74) is 0.478. The summed E-state index contributed by atoms with van der Waals surface area (Å²) < 4.78 is 6.30. The Labute approximate surface area is 137 Å². The van der Waals surface area contributed by atoms with Crippen molar-refractivity contribution in [2.24, 2.45) is 0 Å². The van der Waals surface area contributed by atoms with E-state index in [0.29, 0.717) is 25.0 Å². The van der Waals surface area contributed by atoms with Crippen LogP contribution in [0.25, 0.3) is 0 Å². The Bertz CT molecular complexity index is 500. The second-order valence-electron chi connectivity index (χ2n) is 7.16. The zero-order valence-electron chi connectivity index (χ0n) is 15.1. The van der Waals surface area contributed by atoms with E-state index >= 15 is 0 Å². The molecule has 4 heteroatoms. The molecule has 3 nitrogen and oxygen atoms in total. The van der Waals surface area contributed by atoms with Crippen molar-refractivity contribution in [3.8, 4) is 5.75 Å². The highest BCUT2D eigenvalue weighted by Gasteiger charge is 2.33. The van der Waals surface area contributed by atoms with Crippen LogP contribution in [0.2, 0.25) is 0 Å². The van der Waals surface area contributed by atoms with Crippen LogP contribution in [0.5, 0.6) is 5.75 Å². The molecule has 2 N–H and O–H groups in total. The van der Waals surface area contributed by atoms with Gasteiger partial charge in [-0.15, -0.1) is 10.3 Å². The third-order valence-electron chi connectivity index (χ3n) is 4.75. The van der Waals surface area contributed by atoms with Crippen LogP contribution in [0.4, 0.5) is 0 Å². The van der Waals surface area contributed by atoms with E-state index in [4.69, 9.17) is 4.18 Å². The van der Waals surface area contributed by atoms with Crippen LogP contribution in [0.1, 0.15) is 58.6 Å². The van der Waals surface area contributed by atoms with E-state index in [0.717, 1.165) is 5.56 Å². The van der Waals surface area contributed by atoms with Gasteiger partial charge < -0.3 is 14.4 Å². The molecule has 1 rings (SSSR count). The number of phenolic OH excluding ortho intramolecular Hbond substituents is 1. The Morgan fingerprint density at radius 3 is 2.09 bits per heavy atom. The van der Waals surface area contributed by atoms with Crippen molar-refractivity contribution >= 4 is 10.3 Å². The molecule has 0 radical (unpaired) electrons. The molecule has 0 atom stereocenters. The molecule has 0 amide bonds. The standard InChI is InChI=1S/C18H32O3S/c1-8-18(20,9-2)16-14(11-10-12-15(16)19)13-21-22(6,7)17(3,4)5/h10-12,19-20H,8-9,13H2,1-7H3. The van der Waals surface area contributed by atoms with Crippen LogP contribution >= 0.6 is 10.3 Å². The van der Waals surface area contributed by atoms with Gasteiger partial charge in [0, 0.05) is 10.3 Å². The fourth-order valence-corrected chi connectivity index (χ4v) is 3.01. The summed E-state index contributed by atoms with van der Waals surface area (Å²) >= 11 is 0. The monoisotopic (exact) mass is 328 g/mol. The Morgan fingerprint density at radius 2 is 1.64 bits per heavy atom. The molecule has 128 valence electrons. The van der Waals surface area contributed by atoms with Gasteiger partial charge in [0.15, 0.2) is 0 Å². The Hall–Kier alpha value is -0.710. The van der Waals surface area contributed by atoms with E-state index < -0.39 is 15.9 Å². The minimum absolute atomic E-state index is 0.0792. The largest absolute Gasteiger partial charge is 0.508 e. The summed E-state index contributed by atoms with van der Waals surface area (Å²) in [5.74, 6) is 0.149. The van der Waals surface area contributed by atoms with Gasteiger partial charge in [-0.05, 0) is 37.0 Å². The fraction of sp³-hybridized carbons (Fsp3) is 0.667. The average molecular weight is 329 g/mol. The molecular formula is C18H32O3S. The number of aromatic hydroxyl groups is 1. The van der Waals surface area contributed by atoms with Crippen molar-refractivity contribution in [3.63, 3.8) is 0 Å². The molecule has 0 spiro atoms. The van der Waals surface area contributed by atoms with Gasteiger partial charge in [0.1, 0.15) is 5.75 Å². The zero-order valence-corrected chi connectivity index (χ0v) is 15.9. The summed E-state index contributed by atoms with van der Waals surface area (Å²) in [7, 11) is -1.25. The predicted molar refractivity (Wildman–Crippen MR) is 96.6 cm³/mol. The van der Waals surface area contributed by atoms with Crippen molar-refractivity contribution in [3.05, 3.63) is 29.3 Å². The summed E-state index contributed by atoms with van der Waals surface area (Å²) in [4.78, 5) is 0. The lowest BCUT2D eigenvalue weighted by molar-refractivity contribution is 0.0244. The minimum atomic E-state index is -1.25. The average Bonchev–Trinajstić information content (AvgIpc) is 2.43. The van der Waals surface area contributed by atoms with Gasteiger partial charge in [0.05, 0.1) is 12.2 Å². The number of hydrogen-bond acceptors (Lipinski definition) is 3. The van der Waals surface area contributed by atoms with E-state index in [9.17, 15) is 10.2 Å². The Morgan fingerprint density at radius 1 is 1.09 bits per heavy atom. The number of benzene rings is 1. The first kappa shape index (κ1) is 19.3. The van der Waals surface area contributed by atoms with E-state index in [1.807, 2.05) is 26.0 Å². The van der Waals surface area contributed by atoms with Crippen LogP contribution in [-0.4, -0.2) is 27.5 Å². The van der Waals surface area contributed by atoms with E-state index in [1.54, 1.807) is 6.07 Å². The first-order chi connectivity index (χ1) is 9.98. The van der Waals surface area contributed by atoms with Gasteiger partial charge in [0.2, 0.25) is 0 Å². The fourth-order valence-electron chi connectivity index (χ4n) is 2.24.